The fourth-order valence-corrected chi connectivity index (χ4v) is 2.42. The Morgan fingerprint density at radius 3 is 2.89 bits per heavy atom. The lowest BCUT2D eigenvalue weighted by molar-refractivity contribution is -0.122. The molecule has 0 spiro atoms. The quantitative estimate of drug-likeness (QED) is 0.879. The van der Waals surface area contributed by atoms with Crippen molar-refractivity contribution >= 4 is 5.91 Å². The van der Waals surface area contributed by atoms with Crippen LogP contribution < -0.4 is 5.32 Å². The number of aromatic amines is 1. The molecule has 1 aromatic heterocycles. The first-order valence-corrected chi connectivity index (χ1v) is 6.57. The number of H-pyrrole nitrogens is 1. The number of hydrogen-bond acceptors (Lipinski definition) is 2. The Kier molecular flexibility index (Phi) is 3.07. The van der Waals surface area contributed by atoms with E-state index in [1.54, 1.807) is 6.20 Å². The van der Waals surface area contributed by atoms with Gasteiger partial charge >= 0.3 is 0 Å². The molecule has 0 bridgehead atoms. The first-order chi connectivity index (χ1) is 9.25. The highest BCUT2D eigenvalue weighted by atomic mass is 16.2. The third-order valence-electron chi connectivity index (χ3n) is 3.74. The normalized spacial score (nSPS) is 21.1. The van der Waals surface area contributed by atoms with Crippen LogP contribution in [0, 0.1) is 12.8 Å². The summed E-state index contributed by atoms with van der Waals surface area (Å²) in [7, 11) is 0. The van der Waals surface area contributed by atoms with Crippen LogP contribution in [0.3, 0.4) is 0 Å². The van der Waals surface area contributed by atoms with E-state index in [-0.39, 0.29) is 11.8 Å². The molecule has 2 aromatic rings. The maximum Gasteiger partial charge on any atom is 0.224 e. The Morgan fingerprint density at radius 1 is 1.42 bits per heavy atom. The van der Waals surface area contributed by atoms with Crippen LogP contribution in [0.4, 0.5) is 0 Å². The smallest absolute Gasteiger partial charge is 0.224 e. The number of aryl methyl sites for hydroxylation is 1. The Labute approximate surface area is 112 Å². The van der Waals surface area contributed by atoms with E-state index in [1.807, 2.05) is 25.1 Å². The summed E-state index contributed by atoms with van der Waals surface area (Å²) in [4.78, 5) is 12.1. The zero-order valence-corrected chi connectivity index (χ0v) is 10.9. The summed E-state index contributed by atoms with van der Waals surface area (Å²) in [6.45, 7) is 2.51. The molecular formula is C15H17N3O. The fourth-order valence-electron chi connectivity index (χ4n) is 2.42. The van der Waals surface area contributed by atoms with Gasteiger partial charge in [-0.15, -0.1) is 0 Å². The predicted molar refractivity (Wildman–Crippen MR) is 72.5 cm³/mol. The average molecular weight is 255 g/mol. The number of hydrogen-bond donors (Lipinski definition) is 2. The molecule has 1 aliphatic carbocycles. The van der Waals surface area contributed by atoms with E-state index in [4.69, 9.17) is 0 Å². The van der Waals surface area contributed by atoms with E-state index in [1.165, 1.54) is 5.56 Å². The number of rotatable bonds is 4. The minimum atomic E-state index is 0.134. The van der Waals surface area contributed by atoms with Gasteiger partial charge in [0.25, 0.3) is 0 Å². The standard InChI is InChI=1S/C15H17N3O/c1-10-12(9-17-18-10)8-16-15(19)14-7-13(14)11-5-3-2-4-6-11/h2-6,9,13-14H,7-8H2,1H3,(H,16,19)(H,17,18). The zero-order valence-electron chi connectivity index (χ0n) is 10.9. The van der Waals surface area contributed by atoms with Crippen molar-refractivity contribution in [3.05, 3.63) is 53.3 Å². The van der Waals surface area contributed by atoms with Crippen molar-refractivity contribution in [1.29, 1.82) is 0 Å². The lowest BCUT2D eigenvalue weighted by atomic mass is 10.1. The molecule has 1 heterocycles. The SMILES string of the molecule is Cc1[nH]ncc1CNC(=O)C1CC1c1ccccc1. The highest BCUT2D eigenvalue weighted by Crippen LogP contribution is 2.47. The molecule has 3 rings (SSSR count). The molecule has 1 aromatic carbocycles. The van der Waals surface area contributed by atoms with Crippen LogP contribution in [0.15, 0.2) is 36.5 Å². The molecule has 1 saturated carbocycles. The van der Waals surface area contributed by atoms with Crippen molar-refractivity contribution in [2.45, 2.75) is 25.8 Å². The monoisotopic (exact) mass is 255 g/mol. The van der Waals surface area contributed by atoms with E-state index in [0.29, 0.717) is 12.5 Å². The highest BCUT2D eigenvalue weighted by Gasteiger charge is 2.43. The number of aromatic nitrogens is 2. The first-order valence-electron chi connectivity index (χ1n) is 6.57. The summed E-state index contributed by atoms with van der Waals surface area (Å²) >= 11 is 0. The molecule has 2 N–H and O–H groups in total. The largest absolute Gasteiger partial charge is 0.352 e. The maximum atomic E-state index is 12.1. The summed E-state index contributed by atoms with van der Waals surface area (Å²) < 4.78 is 0. The Hall–Kier alpha value is -2.10. The summed E-state index contributed by atoms with van der Waals surface area (Å²) in [5, 5.41) is 9.81. The Balaban J connectivity index is 1.55. The van der Waals surface area contributed by atoms with Gasteiger partial charge in [0.15, 0.2) is 0 Å². The molecule has 1 aliphatic rings. The molecule has 0 radical (unpaired) electrons. The molecule has 1 fully saturated rings. The average Bonchev–Trinajstić information content (AvgIpc) is 3.14. The van der Waals surface area contributed by atoms with E-state index in [2.05, 4.69) is 27.6 Å². The Morgan fingerprint density at radius 2 is 2.21 bits per heavy atom. The van der Waals surface area contributed by atoms with Crippen LogP contribution >= 0.6 is 0 Å². The van der Waals surface area contributed by atoms with Crippen LogP contribution in [0.5, 0.6) is 0 Å². The lowest BCUT2D eigenvalue weighted by Gasteiger charge is -2.04. The van der Waals surface area contributed by atoms with E-state index in [9.17, 15) is 4.79 Å². The van der Waals surface area contributed by atoms with Gasteiger partial charge in [0.05, 0.1) is 6.20 Å². The van der Waals surface area contributed by atoms with Crippen LogP contribution in [0.2, 0.25) is 0 Å². The van der Waals surface area contributed by atoms with Crippen LogP contribution in [0.25, 0.3) is 0 Å². The topological polar surface area (TPSA) is 57.8 Å². The molecule has 1 amide bonds. The summed E-state index contributed by atoms with van der Waals surface area (Å²) in [5.41, 5.74) is 3.32. The van der Waals surface area contributed by atoms with E-state index >= 15 is 0 Å². The van der Waals surface area contributed by atoms with Crippen molar-refractivity contribution in [3.63, 3.8) is 0 Å². The number of benzene rings is 1. The first kappa shape index (κ1) is 12.0. The predicted octanol–water partition coefficient (Wildman–Crippen LogP) is 2.14. The second-order valence-corrected chi connectivity index (χ2v) is 5.10. The molecule has 19 heavy (non-hydrogen) atoms. The van der Waals surface area contributed by atoms with Gasteiger partial charge in [-0.3, -0.25) is 9.89 Å². The van der Waals surface area contributed by atoms with Crippen LogP contribution in [-0.4, -0.2) is 16.1 Å². The zero-order chi connectivity index (χ0) is 13.2. The summed E-state index contributed by atoms with van der Waals surface area (Å²) in [5.74, 6) is 0.677. The molecule has 0 saturated heterocycles. The minimum Gasteiger partial charge on any atom is -0.352 e. The van der Waals surface area contributed by atoms with Crippen LogP contribution in [-0.2, 0) is 11.3 Å². The third-order valence-corrected chi connectivity index (χ3v) is 3.74. The van der Waals surface area contributed by atoms with Crippen molar-refractivity contribution in [1.82, 2.24) is 15.5 Å². The second kappa shape index (κ2) is 4.88. The van der Waals surface area contributed by atoms with Crippen LogP contribution in [0.1, 0.15) is 29.2 Å². The van der Waals surface area contributed by atoms with Gasteiger partial charge in [0.2, 0.25) is 5.91 Å². The lowest BCUT2D eigenvalue weighted by Crippen LogP contribution is -2.25. The van der Waals surface area contributed by atoms with Crippen molar-refractivity contribution in [2.24, 2.45) is 5.92 Å². The van der Waals surface area contributed by atoms with Gasteiger partial charge in [-0.1, -0.05) is 30.3 Å². The summed E-state index contributed by atoms with van der Waals surface area (Å²) in [6.07, 6.45) is 2.72. The second-order valence-electron chi connectivity index (χ2n) is 5.10. The third kappa shape index (κ3) is 2.52. The number of carbonyl (C=O) groups is 1. The molecule has 0 aliphatic heterocycles. The highest BCUT2D eigenvalue weighted by molar-refractivity contribution is 5.82. The number of carbonyl (C=O) groups excluding carboxylic acids is 1. The van der Waals surface area contributed by atoms with E-state index < -0.39 is 0 Å². The summed E-state index contributed by atoms with van der Waals surface area (Å²) in [6, 6.07) is 10.2. The number of nitrogens with zero attached hydrogens (tertiary/aromatic N) is 1. The van der Waals surface area contributed by atoms with Gasteiger partial charge in [0.1, 0.15) is 0 Å². The maximum absolute atomic E-state index is 12.1. The molecule has 4 heteroatoms. The molecule has 4 nitrogen and oxygen atoms in total. The van der Waals surface area contributed by atoms with Gasteiger partial charge in [-0.25, -0.2) is 0 Å². The van der Waals surface area contributed by atoms with Gasteiger partial charge in [0, 0.05) is 23.7 Å². The van der Waals surface area contributed by atoms with E-state index in [0.717, 1.165) is 17.7 Å². The van der Waals surface area contributed by atoms with Crippen molar-refractivity contribution < 1.29 is 4.79 Å². The minimum absolute atomic E-state index is 0.134. The Bertz CT molecular complexity index is 576. The fraction of sp³-hybridized carbons (Fsp3) is 0.333. The molecular weight excluding hydrogens is 238 g/mol. The van der Waals surface area contributed by atoms with Crippen molar-refractivity contribution in [2.75, 3.05) is 0 Å². The molecule has 2 unspecified atom stereocenters. The van der Waals surface area contributed by atoms with Gasteiger partial charge in [-0.05, 0) is 24.8 Å². The van der Waals surface area contributed by atoms with Gasteiger partial charge in [-0.2, -0.15) is 5.10 Å². The molecule has 2 atom stereocenters. The van der Waals surface area contributed by atoms with Gasteiger partial charge < -0.3 is 5.32 Å². The van der Waals surface area contributed by atoms with Crippen molar-refractivity contribution in [3.8, 4) is 0 Å². The number of nitrogens with one attached hydrogen (secondary N) is 2. The number of amides is 1. The molecule has 98 valence electrons.